The predicted octanol–water partition coefficient (Wildman–Crippen LogP) is 2.53. The van der Waals surface area contributed by atoms with Crippen LogP contribution in [0.15, 0.2) is 24.4 Å². The zero-order valence-corrected chi connectivity index (χ0v) is 6.52. The van der Waals surface area contributed by atoms with Gasteiger partial charge in [0.1, 0.15) is 0 Å². The normalized spacial score (nSPS) is 10.6. The number of fused-ring (bicyclic) bond motifs is 1. The molecule has 0 fully saturated rings. The number of hydrogen-bond donors (Lipinski definition) is 1. The van der Waals surface area contributed by atoms with E-state index in [1.807, 2.05) is 6.20 Å². The lowest BCUT2D eigenvalue weighted by atomic mass is 10.1. The lowest BCUT2D eigenvalue weighted by Gasteiger charge is -1.96. The number of benzene rings is 1. The molecule has 0 atom stereocenters. The molecule has 1 heterocycles. The number of H-pyrrole nitrogens is 1. The van der Waals surface area contributed by atoms with Gasteiger partial charge in [-0.3, -0.25) is 0 Å². The van der Waals surface area contributed by atoms with E-state index < -0.39 is 0 Å². The highest BCUT2D eigenvalue weighted by Crippen LogP contribution is 2.16. The van der Waals surface area contributed by atoms with Crippen LogP contribution < -0.4 is 0 Å². The lowest BCUT2D eigenvalue weighted by Crippen LogP contribution is -1.80. The summed E-state index contributed by atoms with van der Waals surface area (Å²) in [7, 11) is 0. The molecular weight excluding hydrogens is 134 g/mol. The third-order valence-electron chi connectivity index (χ3n) is 1.98. The fourth-order valence-electron chi connectivity index (χ4n) is 1.37. The Kier molecular flexibility index (Phi) is 1.42. The second-order valence-electron chi connectivity index (χ2n) is 2.63. The van der Waals surface area contributed by atoms with E-state index in [-0.39, 0.29) is 0 Å². The average Bonchev–Trinajstić information content (AvgIpc) is 2.50. The first-order valence-corrected chi connectivity index (χ1v) is 3.88. The molecule has 1 aromatic heterocycles. The minimum Gasteiger partial charge on any atom is -0.360 e. The van der Waals surface area contributed by atoms with Gasteiger partial charge >= 0.3 is 0 Å². The monoisotopic (exact) mass is 144 g/mol. The molecule has 1 aromatic carbocycles. The molecule has 1 nitrogen and oxygen atoms in total. The van der Waals surface area contributed by atoms with E-state index in [1.165, 1.54) is 16.5 Å². The summed E-state index contributed by atoms with van der Waals surface area (Å²) in [6.45, 7) is 2.16. The van der Waals surface area contributed by atoms with Crippen LogP contribution in [0.5, 0.6) is 0 Å². The predicted molar refractivity (Wildman–Crippen MR) is 46.5 cm³/mol. The van der Waals surface area contributed by atoms with Crippen molar-refractivity contribution in [2.45, 2.75) is 13.3 Å². The Morgan fingerprint density at radius 3 is 3.18 bits per heavy atom. The first-order chi connectivity index (χ1) is 5.42. The van der Waals surface area contributed by atoms with Crippen LogP contribution in [0.25, 0.3) is 10.9 Å². The Balaban J connectivity index is 2.79. The first kappa shape index (κ1) is 6.47. The van der Waals surface area contributed by atoms with Crippen LogP contribution >= 0.6 is 0 Å². The number of para-hydroxylation sites is 1. The largest absolute Gasteiger partial charge is 0.360 e. The van der Waals surface area contributed by atoms with Crippen molar-refractivity contribution in [2.75, 3.05) is 0 Å². The van der Waals surface area contributed by atoms with Crippen molar-refractivity contribution < 1.29 is 0 Å². The number of aryl methyl sites for hydroxylation is 1. The fourth-order valence-corrected chi connectivity index (χ4v) is 1.37. The smallest absolute Gasteiger partial charge is 0.0492 e. The second-order valence-corrected chi connectivity index (χ2v) is 2.63. The van der Waals surface area contributed by atoms with Gasteiger partial charge in [-0.25, -0.2) is 0 Å². The summed E-state index contributed by atoms with van der Waals surface area (Å²) in [5, 5.41) is 1.18. The maximum Gasteiger partial charge on any atom is 0.0492 e. The van der Waals surface area contributed by atoms with Gasteiger partial charge in [-0.15, -0.1) is 0 Å². The van der Waals surface area contributed by atoms with E-state index in [4.69, 9.17) is 0 Å². The maximum atomic E-state index is 3.18. The van der Waals surface area contributed by atoms with Gasteiger partial charge < -0.3 is 4.98 Å². The summed E-state index contributed by atoms with van der Waals surface area (Å²) < 4.78 is 0. The summed E-state index contributed by atoms with van der Waals surface area (Å²) in [6.07, 6.45) is 2.94. The molecule has 0 aliphatic heterocycles. The van der Waals surface area contributed by atoms with Crippen LogP contribution in [-0.4, -0.2) is 4.98 Å². The lowest BCUT2D eigenvalue weighted by molar-refractivity contribution is 1.15. The molecule has 1 N–H and O–H groups in total. The zero-order valence-electron chi connectivity index (χ0n) is 6.52. The van der Waals surface area contributed by atoms with E-state index in [9.17, 15) is 0 Å². The standard InChI is InChI=1S/C10H10N/c1-2-8-4-3-5-9-6-7-11-10(8)9/h3-5,7,11H,2H2,1H3. The van der Waals surface area contributed by atoms with Gasteiger partial charge in [0.15, 0.2) is 0 Å². The number of aromatic amines is 1. The van der Waals surface area contributed by atoms with Crippen LogP contribution in [0, 0.1) is 6.07 Å². The summed E-state index contributed by atoms with van der Waals surface area (Å²) in [4.78, 5) is 3.18. The first-order valence-electron chi connectivity index (χ1n) is 3.88. The summed E-state index contributed by atoms with van der Waals surface area (Å²) >= 11 is 0. The van der Waals surface area contributed by atoms with Crippen molar-refractivity contribution in [2.24, 2.45) is 0 Å². The quantitative estimate of drug-likeness (QED) is 0.633. The topological polar surface area (TPSA) is 15.8 Å². The van der Waals surface area contributed by atoms with Gasteiger partial charge in [0.25, 0.3) is 0 Å². The molecule has 1 heteroatoms. The van der Waals surface area contributed by atoms with Crippen LogP contribution in [0.4, 0.5) is 0 Å². The minimum atomic E-state index is 1.08. The molecule has 55 valence electrons. The summed E-state index contributed by atoms with van der Waals surface area (Å²) in [5.74, 6) is 0. The van der Waals surface area contributed by atoms with Crippen LogP contribution in [-0.2, 0) is 6.42 Å². The van der Waals surface area contributed by atoms with E-state index in [0.717, 1.165) is 6.42 Å². The van der Waals surface area contributed by atoms with Gasteiger partial charge in [0, 0.05) is 23.2 Å². The maximum absolute atomic E-state index is 3.18. The number of hydrogen-bond acceptors (Lipinski definition) is 0. The third kappa shape index (κ3) is 0.929. The molecule has 0 unspecified atom stereocenters. The molecule has 0 amide bonds. The van der Waals surface area contributed by atoms with Gasteiger partial charge in [-0.1, -0.05) is 25.1 Å². The highest BCUT2D eigenvalue weighted by Gasteiger charge is 1.97. The Hall–Kier alpha value is -1.24. The van der Waals surface area contributed by atoms with E-state index >= 15 is 0 Å². The molecule has 0 bridgehead atoms. The van der Waals surface area contributed by atoms with Crippen molar-refractivity contribution in [3.05, 3.63) is 36.0 Å². The molecule has 0 aliphatic carbocycles. The molecular formula is C10H10N. The average molecular weight is 144 g/mol. The highest BCUT2D eigenvalue weighted by atomic mass is 14.7. The molecule has 0 spiro atoms. The van der Waals surface area contributed by atoms with Crippen molar-refractivity contribution in [3.63, 3.8) is 0 Å². The Bertz CT molecular complexity index is 360. The Morgan fingerprint density at radius 1 is 1.45 bits per heavy atom. The van der Waals surface area contributed by atoms with Crippen LogP contribution in [0.1, 0.15) is 12.5 Å². The van der Waals surface area contributed by atoms with Crippen LogP contribution in [0.3, 0.4) is 0 Å². The van der Waals surface area contributed by atoms with Crippen molar-refractivity contribution in [3.8, 4) is 0 Å². The van der Waals surface area contributed by atoms with Gasteiger partial charge in [0.2, 0.25) is 0 Å². The number of rotatable bonds is 1. The molecule has 1 radical (unpaired) electrons. The molecule has 2 rings (SSSR count). The SMILES string of the molecule is CCc1cccc2[c]c[nH]c12. The Morgan fingerprint density at radius 2 is 2.36 bits per heavy atom. The van der Waals surface area contributed by atoms with E-state index in [0.29, 0.717) is 0 Å². The van der Waals surface area contributed by atoms with Gasteiger partial charge in [0.05, 0.1) is 0 Å². The number of aromatic nitrogens is 1. The molecule has 0 saturated heterocycles. The van der Waals surface area contributed by atoms with Crippen molar-refractivity contribution in [1.82, 2.24) is 4.98 Å². The highest BCUT2D eigenvalue weighted by molar-refractivity contribution is 5.81. The fraction of sp³-hybridized carbons (Fsp3) is 0.200. The molecule has 11 heavy (non-hydrogen) atoms. The molecule has 0 saturated carbocycles. The third-order valence-corrected chi connectivity index (χ3v) is 1.98. The van der Waals surface area contributed by atoms with Crippen LogP contribution in [0.2, 0.25) is 0 Å². The minimum absolute atomic E-state index is 1.08. The van der Waals surface area contributed by atoms with Gasteiger partial charge in [-0.2, -0.15) is 0 Å². The van der Waals surface area contributed by atoms with Gasteiger partial charge in [-0.05, 0) is 12.0 Å². The van der Waals surface area contributed by atoms with Crippen molar-refractivity contribution >= 4 is 10.9 Å². The van der Waals surface area contributed by atoms with E-state index in [2.05, 4.69) is 36.2 Å². The summed E-state index contributed by atoms with van der Waals surface area (Å²) in [5.41, 5.74) is 2.60. The number of nitrogens with one attached hydrogen (secondary N) is 1. The summed E-state index contributed by atoms with van der Waals surface area (Å²) in [6, 6.07) is 9.43. The zero-order chi connectivity index (χ0) is 7.68. The van der Waals surface area contributed by atoms with Crippen molar-refractivity contribution in [1.29, 1.82) is 0 Å². The molecule has 0 aliphatic rings. The van der Waals surface area contributed by atoms with E-state index in [1.54, 1.807) is 0 Å². The Labute approximate surface area is 66.1 Å². The second kappa shape index (κ2) is 2.42. The molecule has 2 aromatic rings.